The maximum Gasteiger partial charge on any atom is 0.101 e. The van der Waals surface area contributed by atoms with Crippen LogP contribution in [0.1, 0.15) is 56.5 Å². The zero-order chi connectivity index (χ0) is 37.2. The molecule has 2 aliphatic carbocycles. The highest BCUT2D eigenvalue weighted by Gasteiger charge is 2.47. The standard InChI is InChI=1S/C49H35N5/c1-31-19-20-33(28-50)25-34(31)12-5-3-4-11-32(2)53-45-27-36(21-22-38(45)29-51)35-13-10-14-37(26-35)40-15-8-9-18-44(40)54-49-42-17-7-6-16-41(42)46-39(30-52)23-24-43-47(46)48(43)49/h3-11,13-27,48-49,53-54H,2,12H2,1H3/b5-3-,11-4-/t48-,49?/m0/s1. The molecule has 5 heteroatoms. The highest BCUT2D eigenvalue weighted by atomic mass is 14.9. The van der Waals surface area contributed by atoms with Crippen LogP contribution in [-0.4, -0.2) is 0 Å². The summed E-state index contributed by atoms with van der Waals surface area (Å²) >= 11 is 0. The highest BCUT2D eigenvalue weighted by Crippen LogP contribution is 2.62. The molecule has 0 radical (unpaired) electrons. The van der Waals surface area contributed by atoms with Gasteiger partial charge in [-0.25, -0.2) is 0 Å². The largest absolute Gasteiger partial charge is 0.377 e. The first-order chi connectivity index (χ1) is 26.5. The third-order valence-electron chi connectivity index (χ3n) is 10.4. The van der Waals surface area contributed by atoms with Gasteiger partial charge < -0.3 is 10.6 Å². The van der Waals surface area contributed by atoms with E-state index < -0.39 is 0 Å². The average Bonchev–Trinajstić information content (AvgIpc) is 3.94. The molecule has 2 N–H and O–H groups in total. The molecule has 256 valence electrons. The number of nitrogens with zero attached hydrogens (tertiary/aromatic N) is 3. The van der Waals surface area contributed by atoms with Gasteiger partial charge in [-0.2, -0.15) is 15.8 Å². The van der Waals surface area contributed by atoms with Crippen molar-refractivity contribution in [3.63, 3.8) is 0 Å². The molecule has 2 atom stereocenters. The van der Waals surface area contributed by atoms with Gasteiger partial charge >= 0.3 is 0 Å². The molecular weight excluding hydrogens is 659 g/mol. The van der Waals surface area contributed by atoms with Crippen molar-refractivity contribution in [2.45, 2.75) is 25.3 Å². The number of anilines is 2. The minimum atomic E-state index is 0.0532. The molecule has 0 heterocycles. The number of hydrogen-bond acceptors (Lipinski definition) is 5. The Kier molecular flexibility index (Phi) is 8.95. The number of hydrogen-bond donors (Lipinski definition) is 2. The van der Waals surface area contributed by atoms with E-state index in [4.69, 9.17) is 0 Å². The smallest absolute Gasteiger partial charge is 0.101 e. The molecule has 0 fully saturated rings. The van der Waals surface area contributed by atoms with Crippen molar-refractivity contribution in [1.82, 2.24) is 0 Å². The van der Waals surface area contributed by atoms with E-state index in [1.54, 1.807) is 0 Å². The Morgan fingerprint density at radius 1 is 0.685 bits per heavy atom. The van der Waals surface area contributed by atoms with Gasteiger partial charge in [0.1, 0.15) is 6.07 Å². The molecule has 6 aromatic rings. The lowest BCUT2D eigenvalue weighted by molar-refractivity contribution is 0.756. The first-order valence-corrected chi connectivity index (χ1v) is 17.9. The Hall–Kier alpha value is -7.39. The number of nitrogens with one attached hydrogen (secondary N) is 2. The zero-order valence-electron chi connectivity index (χ0n) is 29.8. The lowest BCUT2D eigenvalue weighted by atomic mass is 9.84. The molecule has 0 amide bonds. The minimum absolute atomic E-state index is 0.0532. The summed E-state index contributed by atoms with van der Waals surface area (Å²) in [4.78, 5) is 0. The van der Waals surface area contributed by atoms with E-state index in [0.717, 1.165) is 62.2 Å². The number of fused-ring (bicyclic) bond motifs is 3. The van der Waals surface area contributed by atoms with Gasteiger partial charge in [-0.1, -0.05) is 104 Å². The maximum atomic E-state index is 9.92. The van der Waals surface area contributed by atoms with E-state index in [-0.39, 0.29) is 12.0 Å². The zero-order valence-corrected chi connectivity index (χ0v) is 29.8. The van der Waals surface area contributed by atoms with Crippen LogP contribution in [0.15, 0.2) is 158 Å². The van der Waals surface area contributed by atoms with Crippen LogP contribution in [0.4, 0.5) is 11.4 Å². The molecule has 54 heavy (non-hydrogen) atoms. The second-order valence-corrected chi connectivity index (χ2v) is 13.7. The molecule has 0 saturated heterocycles. The van der Waals surface area contributed by atoms with Gasteiger partial charge in [0.15, 0.2) is 0 Å². The van der Waals surface area contributed by atoms with Gasteiger partial charge in [0.2, 0.25) is 0 Å². The Bertz CT molecular complexity index is 2680. The predicted octanol–water partition coefficient (Wildman–Crippen LogP) is 11.5. The molecule has 2 aliphatic rings. The van der Waals surface area contributed by atoms with Gasteiger partial charge in [-0.3, -0.25) is 0 Å². The lowest BCUT2D eigenvalue weighted by Crippen LogP contribution is -2.16. The van der Waals surface area contributed by atoms with E-state index in [1.807, 2.05) is 67.6 Å². The van der Waals surface area contributed by atoms with E-state index in [2.05, 4.69) is 120 Å². The summed E-state index contributed by atoms with van der Waals surface area (Å²) in [6.45, 7) is 6.22. The van der Waals surface area contributed by atoms with Crippen molar-refractivity contribution < 1.29 is 0 Å². The fourth-order valence-corrected chi connectivity index (χ4v) is 7.66. The monoisotopic (exact) mass is 693 g/mol. The van der Waals surface area contributed by atoms with Crippen LogP contribution in [0.25, 0.3) is 33.4 Å². The summed E-state index contributed by atoms with van der Waals surface area (Å²) in [7, 11) is 0. The van der Waals surface area contributed by atoms with Crippen LogP contribution in [0.3, 0.4) is 0 Å². The van der Waals surface area contributed by atoms with Crippen molar-refractivity contribution in [2.24, 2.45) is 0 Å². The predicted molar refractivity (Wildman–Crippen MR) is 217 cm³/mol. The summed E-state index contributed by atoms with van der Waals surface area (Å²) in [6.07, 6.45) is 8.53. The lowest BCUT2D eigenvalue weighted by Gasteiger charge is -2.28. The summed E-state index contributed by atoms with van der Waals surface area (Å²) in [6, 6.07) is 48.0. The number of nitriles is 3. The fraction of sp³-hybridized carbons (Fsp3) is 0.0816. The first-order valence-electron chi connectivity index (χ1n) is 17.9. The molecule has 5 nitrogen and oxygen atoms in total. The molecule has 0 aromatic heterocycles. The average molecular weight is 694 g/mol. The SMILES string of the molecule is C=C(/C=C\C=C/Cc1cc(C#N)ccc1C)Nc1cc(-c2cccc(-c3ccccc3NC3c4ccccc4-c4c(C#N)ccc5c4[C@H]53)c2)ccc1C#N. The van der Waals surface area contributed by atoms with Gasteiger partial charge in [-0.05, 0) is 112 Å². The fourth-order valence-electron chi connectivity index (χ4n) is 7.66. The van der Waals surface area contributed by atoms with Gasteiger partial charge in [0.05, 0.1) is 40.6 Å². The molecule has 0 spiro atoms. The summed E-state index contributed by atoms with van der Waals surface area (Å²) < 4.78 is 0. The highest BCUT2D eigenvalue weighted by molar-refractivity contribution is 5.89. The molecule has 6 aromatic carbocycles. The van der Waals surface area contributed by atoms with Crippen LogP contribution in [0, 0.1) is 40.9 Å². The number of aryl methyl sites for hydroxylation is 1. The van der Waals surface area contributed by atoms with E-state index in [0.29, 0.717) is 22.5 Å². The van der Waals surface area contributed by atoms with E-state index in [9.17, 15) is 15.8 Å². The molecule has 8 rings (SSSR count). The van der Waals surface area contributed by atoms with Crippen LogP contribution >= 0.6 is 0 Å². The second kappa shape index (κ2) is 14.3. The third kappa shape index (κ3) is 6.35. The number of allylic oxidation sites excluding steroid dienone is 4. The van der Waals surface area contributed by atoms with Crippen molar-refractivity contribution in [3.8, 4) is 51.6 Å². The molecule has 0 aliphatic heterocycles. The van der Waals surface area contributed by atoms with Crippen LogP contribution < -0.4 is 10.6 Å². The Labute approximate surface area is 316 Å². The molecule has 1 unspecified atom stereocenters. The van der Waals surface area contributed by atoms with Gasteiger partial charge in [0.25, 0.3) is 0 Å². The topological polar surface area (TPSA) is 95.4 Å². The number of para-hydroxylation sites is 1. The van der Waals surface area contributed by atoms with Gasteiger partial charge in [0, 0.05) is 28.4 Å². The summed E-state index contributed by atoms with van der Waals surface area (Å²) in [5, 5.41) is 36.3. The number of rotatable bonds is 10. The van der Waals surface area contributed by atoms with Crippen LogP contribution in [0.2, 0.25) is 0 Å². The Morgan fingerprint density at radius 2 is 1.44 bits per heavy atom. The summed E-state index contributed by atoms with van der Waals surface area (Å²) in [5.74, 6) is 0.235. The normalized spacial score (nSPS) is 14.7. The number of benzene rings is 6. The summed E-state index contributed by atoms with van der Waals surface area (Å²) in [5.41, 5.74) is 16.8. The van der Waals surface area contributed by atoms with Gasteiger partial charge in [-0.15, -0.1) is 0 Å². The maximum absolute atomic E-state index is 9.92. The van der Waals surface area contributed by atoms with Crippen molar-refractivity contribution in [2.75, 3.05) is 10.6 Å². The van der Waals surface area contributed by atoms with Crippen LogP contribution in [0.5, 0.6) is 0 Å². The van der Waals surface area contributed by atoms with E-state index >= 15 is 0 Å². The van der Waals surface area contributed by atoms with Crippen molar-refractivity contribution in [1.29, 1.82) is 15.8 Å². The molecule has 0 saturated carbocycles. The molecule has 0 bridgehead atoms. The van der Waals surface area contributed by atoms with Crippen molar-refractivity contribution >= 4 is 11.4 Å². The van der Waals surface area contributed by atoms with E-state index in [1.165, 1.54) is 16.7 Å². The quantitative estimate of drug-likeness (QED) is 0.139. The first kappa shape index (κ1) is 33.7. The van der Waals surface area contributed by atoms with Crippen molar-refractivity contribution in [3.05, 3.63) is 202 Å². The molecular formula is C49H35N5. The van der Waals surface area contributed by atoms with Crippen LogP contribution in [-0.2, 0) is 6.42 Å². The Morgan fingerprint density at radius 3 is 2.28 bits per heavy atom. The Balaban J connectivity index is 1.01. The minimum Gasteiger partial charge on any atom is -0.377 e. The second-order valence-electron chi connectivity index (χ2n) is 13.7. The third-order valence-corrected chi connectivity index (χ3v) is 10.4.